The van der Waals surface area contributed by atoms with Crippen LogP contribution in [0.15, 0.2) is 36.7 Å². The Balaban J connectivity index is 1.99. The molecule has 0 aliphatic rings. The minimum absolute atomic E-state index is 0.0178. The van der Waals surface area contributed by atoms with Crippen molar-refractivity contribution in [2.24, 2.45) is 0 Å². The van der Waals surface area contributed by atoms with Crippen molar-refractivity contribution in [1.29, 1.82) is 0 Å². The lowest BCUT2D eigenvalue weighted by molar-refractivity contribution is -0.127. The van der Waals surface area contributed by atoms with Crippen LogP contribution in [0.1, 0.15) is 13.8 Å². The first-order valence-corrected chi connectivity index (χ1v) is 8.15. The normalized spacial score (nSPS) is 10.2. The van der Waals surface area contributed by atoms with Crippen molar-refractivity contribution in [2.75, 3.05) is 37.4 Å². The number of aromatic nitrogens is 2. The summed E-state index contributed by atoms with van der Waals surface area (Å²) < 4.78 is 5.72. The molecule has 1 aromatic carbocycles. The largest absolute Gasteiger partial charge is 0.437 e. The number of ether oxygens (including phenoxy) is 1. The molecule has 8 nitrogen and oxygen atoms in total. The molecule has 0 atom stereocenters. The molecule has 0 spiro atoms. The average Bonchev–Trinajstić information content (AvgIpc) is 2.60. The molecule has 0 aliphatic heterocycles. The molecular weight excluding hydrogens is 334 g/mol. The fourth-order valence-corrected chi connectivity index (χ4v) is 2.07. The molecule has 0 saturated carbocycles. The van der Waals surface area contributed by atoms with Crippen molar-refractivity contribution in [3.63, 3.8) is 0 Å². The Bertz CT molecular complexity index is 764. The maximum atomic E-state index is 11.3. The van der Waals surface area contributed by atoms with Gasteiger partial charge in [0, 0.05) is 46.7 Å². The molecule has 2 aromatic rings. The second kappa shape index (κ2) is 8.80. The zero-order chi connectivity index (χ0) is 19.1. The van der Waals surface area contributed by atoms with E-state index >= 15 is 0 Å². The molecule has 2 rings (SSSR count). The van der Waals surface area contributed by atoms with Crippen molar-refractivity contribution >= 4 is 23.3 Å². The second-order valence-electron chi connectivity index (χ2n) is 5.89. The standard InChI is InChI=1S/C18H23N5O3/c1-13(24)20-15-5-7-16(8-6-15)26-18-12-19-11-17(21-18)23(4)10-9-22(3)14(2)25/h5-8,11-12H,9-10H2,1-4H3,(H,20,24). The number of carbonyl (C=O) groups is 2. The number of benzene rings is 1. The number of amides is 2. The average molecular weight is 357 g/mol. The summed E-state index contributed by atoms with van der Waals surface area (Å²) in [5.74, 6) is 1.49. The number of rotatable bonds is 7. The van der Waals surface area contributed by atoms with Crippen LogP contribution < -0.4 is 15.0 Å². The lowest BCUT2D eigenvalue weighted by atomic mass is 10.3. The summed E-state index contributed by atoms with van der Waals surface area (Å²) in [5, 5.41) is 2.69. The van der Waals surface area contributed by atoms with Gasteiger partial charge >= 0.3 is 0 Å². The van der Waals surface area contributed by atoms with Crippen LogP contribution in [0.5, 0.6) is 11.6 Å². The van der Waals surface area contributed by atoms with E-state index in [1.54, 1.807) is 42.4 Å². The summed E-state index contributed by atoms with van der Waals surface area (Å²) in [6.07, 6.45) is 3.17. The van der Waals surface area contributed by atoms with E-state index < -0.39 is 0 Å². The summed E-state index contributed by atoms with van der Waals surface area (Å²) >= 11 is 0. The third-order valence-electron chi connectivity index (χ3n) is 3.70. The molecule has 26 heavy (non-hydrogen) atoms. The minimum atomic E-state index is -0.129. The van der Waals surface area contributed by atoms with Crippen LogP contribution in [0, 0.1) is 0 Å². The van der Waals surface area contributed by atoms with Crippen molar-refractivity contribution in [2.45, 2.75) is 13.8 Å². The van der Waals surface area contributed by atoms with Crippen molar-refractivity contribution in [1.82, 2.24) is 14.9 Å². The molecular formula is C18H23N5O3. The second-order valence-corrected chi connectivity index (χ2v) is 5.89. The van der Waals surface area contributed by atoms with Gasteiger partial charge < -0.3 is 19.9 Å². The quantitative estimate of drug-likeness (QED) is 0.817. The van der Waals surface area contributed by atoms with Gasteiger partial charge in [-0.2, -0.15) is 4.98 Å². The number of nitrogens with one attached hydrogen (secondary N) is 1. The van der Waals surface area contributed by atoms with Gasteiger partial charge in [-0.05, 0) is 24.3 Å². The fourth-order valence-electron chi connectivity index (χ4n) is 2.07. The van der Waals surface area contributed by atoms with Crippen LogP contribution in [-0.2, 0) is 9.59 Å². The van der Waals surface area contributed by atoms with E-state index in [1.807, 2.05) is 11.9 Å². The van der Waals surface area contributed by atoms with Gasteiger partial charge in [0.25, 0.3) is 0 Å². The highest BCUT2D eigenvalue weighted by atomic mass is 16.5. The molecule has 0 fully saturated rings. The highest BCUT2D eigenvalue weighted by Gasteiger charge is 2.09. The minimum Gasteiger partial charge on any atom is -0.437 e. The molecule has 1 aromatic heterocycles. The molecule has 2 amide bonds. The molecule has 0 bridgehead atoms. The lowest BCUT2D eigenvalue weighted by Gasteiger charge is -2.22. The van der Waals surface area contributed by atoms with Gasteiger partial charge in [-0.1, -0.05) is 0 Å². The molecule has 0 radical (unpaired) electrons. The number of hydrogen-bond donors (Lipinski definition) is 1. The van der Waals surface area contributed by atoms with Gasteiger partial charge in [-0.3, -0.25) is 14.6 Å². The Morgan fingerprint density at radius 1 is 1.08 bits per heavy atom. The van der Waals surface area contributed by atoms with Crippen LogP contribution in [-0.4, -0.2) is 53.9 Å². The third kappa shape index (κ3) is 5.73. The molecule has 138 valence electrons. The first-order valence-electron chi connectivity index (χ1n) is 8.15. The zero-order valence-electron chi connectivity index (χ0n) is 15.4. The predicted octanol–water partition coefficient (Wildman–Crippen LogP) is 2.14. The van der Waals surface area contributed by atoms with Crippen LogP contribution in [0.2, 0.25) is 0 Å². The SMILES string of the molecule is CC(=O)Nc1ccc(Oc2cncc(N(C)CCN(C)C(C)=O)n2)cc1. The number of hydrogen-bond acceptors (Lipinski definition) is 6. The van der Waals surface area contributed by atoms with Gasteiger partial charge in [0.05, 0.1) is 12.4 Å². The number of anilines is 2. The topological polar surface area (TPSA) is 87.7 Å². The van der Waals surface area contributed by atoms with Gasteiger partial charge in [0.1, 0.15) is 5.75 Å². The van der Waals surface area contributed by atoms with Gasteiger partial charge in [0.15, 0.2) is 5.82 Å². The molecule has 1 heterocycles. The first kappa shape index (κ1) is 19.2. The smallest absolute Gasteiger partial charge is 0.239 e. The molecule has 1 N–H and O–H groups in total. The maximum absolute atomic E-state index is 11.3. The molecule has 0 aliphatic carbocycles. The number of nitrogens with zero attached hydrogens (tertiary/aromatic N) is 4. The first-order chi connectivity index (χ1) is 12.3. The Morgan fingerprint density at radius 2 is 1.77 bits per heavy atom. The van der Waals surface area contributed by atoms with Gasteiger partial charge in [-0.25, -0.2) is 0 Å². The van der Waals surface area contributed by atoms with Crippen molar-refractivity contribution < 1.29 is 14.3 Å². The summed E-state index contributed by atoms with van der Waals surface area (Å²) in [7, 11) is 3.63. The number of likely N-dealkylation sites (N-methyl/N-ethyl adjacent to an activating group) is 2. The Morgan fingerprint density at radius 3 is 2.38 bits per heavy atom. The molecule has 0 saturated heterocycles. The summed E-state index contributed by atoms with van der Waals surface area (Å²) in [6, 6.07) is 6.98. The summed E-state index contributed by atoms with van der Waals surface area (Å²) in [4.78, 5) is 34.4. The van der Waals surface area contributed by atoms with E-state index in [0.29, 0.717) is 36.2 Å². The summed E-state index contributed by atoms with van der Waals surface area (Å²) in [5.41, 5.74) is 0.694. The van der Waals surface area contributed by atoms with E-state index in [9.17, 15) is 9.59 Å². The zero-order valence-corrected chi connectivity index (χ0v) is 15.4. The maximum Gasteiger partial charge on any atom is 0.239 e. The van der Waals surface area contributed by atoms with Crippen LogP contribution in [0.25, 0.3) is 0 Å². The molecule has 8 heteroatoms. The van der Waals surface area contributed by atoms with Gasteiger partial charge in [0.2, 0.25) is 17.7 Å². The fraction of sp³-hybridized carbons (Fsp3) is 0.333. The Kier molecular flexibility index (Phi) is 6.48. The van der Waals surface area contributed by atoms with Crippen LogP contribution in [0.4, 0.5) is 11.5 Å². The van der Waals surface area contributed by atoms with Gasteiger partial charge in [-0.15, -0.1) is 0 Å². The summed E-state index contributed by atoms with van der Waals surface area (Å²) in [6.45, 7) is 4.20. The molecule has 0 unspecified atom stereocenters. The van der Waals surface area contributed by atoms with E-state index in [2.05, 4.69) is 15.3 Å². The number of carbonyl (C=O) groups excluding carboxylic acids is 2. The van der Waals surface area contributed by atoms with Crippen LogP contribution >= 0.6 is 0 Å². The van der Waals surface area contributed by atoms with E-state index in [-0.39, 0.29) is 11.8 Å². The third-order valence-corrected chi connectivity index (χ3v) is 3.70. The van der Waals surface area contributed by atoms with E-state index in [1.165, 1.54) is 20.0 Å². The Hall–Kier alpha value is -3.16. The lowest BCUT2D eigenvalue weighted by Crippen LogP contribution is -2.33. The predicted molar refractivity (Wildman–Crippen MR) is 99.4 cm³/mol. The van der Waals surface area contributed by atoms with Crippen molar-refractivity contribution in [3.05, 3.63) is 36.7 Å². The monoisotopic (exact) mass is 357 g/mol. The van der Waals surface area contributed by atoms with Crippen molar-refractivity contribution in [3.8, 4) is 11.6 Å². The van der Waals surface area contributed by atoms with E-state index in [0.717, 1.165) is 0 Å². The Labute approximate surface area is 152 Å². The highest BCUT2D eigenvalue weighted by Crippen LogP contribution is 2.22. The highest BCUT2D eigenvalue weighted by molar-refractivity contribution is 5.88. The van der Waals surface area contributed by atoms with Crippen LogP contribution in [0.3, 0.4) is 0 Å². The van der Waals surface area contributed by atoms with E-state index in [4.69, 9.17) is 4.74 Å².